The molecular weight excluding hydrogens is 496 g/mol. The molecule has 9 nitrogen and oxygen atoms in total. The molecule has 0 bridgehead atoms. The van der Waals surface area contributed by atoms with E-state index in [4.69, 9.17) is 9.47 Å². The summed E-state index contributed by atoms with van der Waals surface area (Å²) in [5.74, 6) is -1.89. The minimum atomic E-state index is -0.868. The molecule has 1 aromatic carbocycles. The van der Waals surface area contributed by atoms with Crippen molar-refractivity contribution in [3.8, 4) is 11.6 Å². The number of ether oxygens (including phenoxy) is 2. The van der Waals surface area contributed by atoms with Crippen LogP contribution in [-0.4, -0.2) is 68.6 Å². The van der Waals surface area contributed by atoms with E-state index in [1.165, 1.54) is 12.4 Å². The molecule has 0 radical (unpaired) electrons. The number of anilines is 1. The van der Waals surface area contributed by atoms with Gasteiger partial charge in [-0.3, -0.25) is 9.69 Å². The first kappa shape index (κ1) is 29.2. The van der Waals surface area contributed by atoms with Gasteiger partial charge in [0.25, 0.3) is 0 Å². The Morgan fingerprint density at radius 2 is 1.83 bits per heavy atom. The number of nitrogens with one attached hydrogen (secondary N) is 1. The van der Waals surface area contributed by atoms with Gasteiger partial charge in [-0.25, -0.2) is 23.5 Å². The molecule has 1 aliphatic heterocycles. The topological polar surface area (TPSA) is 96.9 Å². The first-order valence-electron chi connectivity index (χ1n) is 11.3. The third-order valence-corrected chi connectivity index (χ3v) is 5.46. The molecule has 1 fully saturated rings. The van der Waals surface area contributed by atoms with Gasteiger partial charge in [-0.15, -0.1) is 12.4 Å². The second-order valence-electron chi connectivity index (χ2n) is 10.00. The van der Waals surface area contributed by atoms with E-state index in [0.29, 0.717) is 25.7 Å². The van der Waals surface area contributed by atoms with Gasteiger partial charge in [0, 0.05) is 25.7 Å². The van der Waals surface area contributed by atoms with Gasteiger partial charge >= 0.3 is 6.09 Å². The van der Waals surface area contributed by atoms with Crippen molar-refractivity contribution in [3.05, 3.63) is 42.2 Å². The van der Waals surface area contributed by atoms with Crippen LogP contribution in [-0.2, 0) is 9.53 Å². The summed E-state index contributed by atoms with van der Waals surface area (Å²) < 4.78 is 37.6. The van der Waals surface area contributed by atoms with Gasteiger partial charge in [-0.05, 0) is 53.7 Å². The molecule has 1 saturated heterocycles. The van der Waals surface area contributed by atoms with Crippen molar-refractivity contribution in [3.63, 3.8) is 0 Å². The van der Waals surface area contributed by atoms with Crippen molar-refractivity contribution >= 4 is 30.2 Å². The third-order valence-electron chi connectivity index (χ3n) is 5.46. The number of carbonyl (C=O) groups is 2. The van der Waals surface area contributed by atoms with Gasteiger partial charge < -0.3 is 19.7 Å². The van der Waals surface area contributed by atoms with E-state index in [1.807, 2.05) is 39.5 Å². The lowest BCUT2D eigenvalue weighted by Crippen LogP contribution is -2.64. The molecule has 2 heterocycles. The maximum Gasteiger partial charge on any atom is 0.410 e. The number of halogens is 3. The molecular formula is C24H32ClF2N5O4. The van der Waals surface area contributed by atoms with E-state index in [-0.39, 0.29) is 41.9 Å². The zero-order valence-electron chi connectivity index (χ0n) is 21.2. The summed E-state index contributed by atoms with van der Waals surface area (Å²) in [4.78, 5) is 37.2. The molecule has 0 spiro atoms. The number of benzene rings is 1. The lowest BCUT2D eigenvalue weighted by Gasteiger charge is -2.48. The summed E-state index contributed by atoms with van der Waals surface area (Å²) in [5.41, 5.74) is -1.13. The van der Waals surface area contributed by atoms with E-state index in [1.54, 1.807) is 11.8 Å². The van der Waals surface area contributed by atoms with E-state index in [9.17, 15) is 18.4 Å². The van der Waals surface area contributed by atoms with E-state index >= 15 is 0 Å². The molecule has 2 aromatic rings. The van der Waals surface area contributed by atoms with Gasteiger partial charge in [0.2, 0.25) is 11.8 Å². The number of hydrogen-bond acceptors (Lipinski definition) is 7. The number of carbonyl (C=O) groups excluding carboxylic acids is 2. The summed E-state index contributed by atoms with van der Waals surface area (Å²) >= 11 is 0. The van der Waals surface area contributed by atoms with Crippen molar-refractivity contribution in [1.82, 2.24) is 19.8 Å². The zero-order chi connectivity index (χ0) is 26.0. The summed E-state index contributed by atoms with van der Waals surface area (Å²) in [7, 11) is 0. The molecule has 0 unspecified atom stereocenters. The average Bonchev–Trinajstić information content (AvgIpc) is 2.74. The van der Waals surface area contributed by atoms with Crippen LogP contribution < -0.4 is 10.1 Å². The van der Waals surface area contributed by atoms with Crippen LogP contribution in [0.15, 0.2) is 30.6 Å². The second-order valence-corrected chi connectivity index (χ2v) is 10.00. The van der Waals surface area contributed by atoms with E-state index in [0.717, 1.165) is 12.1 Å². The Kier molecular flexibility index (Phi) is 9.19. The summed E-state index contributed by atoms with van der Waals surface area (Å²) in [6.45, 7) is 12.5. The molecule has 2 amide bonds. The highest BCUT2D eigenvalue weighted by atomic mass is 35.5. The Hall–Kier alpha value is -3.05. The molecule has 0 aliphatic carbocycles. The molecule has 1 aliphatic rings. The number of piperazine rings is 1. The Morgan fingerprint density at radius 3 is 2.39 bits per heavy atom. The quantitative estimate of drug-likeness (QED) is 0.605. The first-order chi connectivity index (χ1) is 16.2. The summed E-state index contributed by atoms with van der Waals surface area (Å²) in [6, 6.07) is 2.42. The van der Waals surface area contributed by atoms with Crippen LogP contribution >= 0.6 is 12.4 Å². The predicted octanol–water partition coefficient (Wildman–Crippen LogP) is 4.63. The van der Waals surface area contributed by atoms with Crippen LogP contribution in [0.1, 0.15) is 41.5 Å². The van der Waals surface area contributed by atoms with E-state index < -0.39 is 28.8 Å². The Morgan fingerprint density at radius 1 is 1.14 bits per heavy atom. The number of aromatic nitrogens is 2. The molecule has 198 valence electrons. The number of nitrogens with zero attached hydrogens (tertiary/aromatic N) is 4. The maximum atomic E-state index is 13.7. The molecule has 1 aromatic heterocycles. The molecule has 12 heteroatoms. The average molecular weight is 528 g/mol. The number of rotatable bonds is 5. The lowest BCUT2D eigenvalue weighted by atomic mass is 9.98. The zero-order valence-corrected chi connectivity index (χ0v) is 22.0. The molecule has 1 N–H and O–H groups in total. The first-order valence-corrected chi connectivity index (χ1v) is 11.3. The fourth-order valence-electron chi connectivity index (χ4n) is 3.68. The minimum absolute atomic E-state index is 0. The predicted molar refractivity (Wildman–Crippen MR) is 132 cm³/mol. The van der Waals surface area contributed by atoms with Crippen LogP contribution in [0.25, 0.3) is 0 Å². The van der Waals surface area contributed by atoms with Crippen molar-refractivity contribution in [2.45, 2.75) is 58.7 Å². The van der Waals surface area contributed by atoms with Crippen LogP contribution in [0.3, 0.4) is 0 Å². The fourth-order valence-corrected chi connectivity index (χ4v) is 3.68. The Bertz CT molecular complexity index is 1080. The largest absolute Gasteiger partial charge is 0.444 e. The van der Waals surface area contributed by atoms with Crippen LogP contribution in [0.5, 0.6) is 11.6 Å². The normalized spacial score (nSPS) is 16.5. The van der Waals surface area contributed by atoms with Crippen LogP contribution in [0.4, 0.5) is 19.4 Å². The van der Waals surface area contributed by atoms with Crippen molar-refractivity contribution in [1.29, 1.82) is 0 Å². The smallest absolute Gasteiger partial charge is 0.410 e. The highest BCUT2D eigenvalue weighted by Crippen LogP contribution is 2.26. The summed E-state index contributed by atoms with van der Waals surface area (Å²) in [6.07, 6.45) is 2.13. The highest BCUT2D eigenvalue weighted by Gasteiger charge is 2.41. The van der Waals surface area contributed by atoms with Crippen molar-refractivity contribution in [2.75, 3.05) is 25.0 Å². The van der Waals surface area contributed by atoms with Gasteiger partial charge in [-0.2, -0.15) is 0 Å². The van der Waals surface area contributed by atoms with Crippen molar-refractivity contribution in [2.24, 2.45) is 0 Å². The van der Waals surface area contributed by atoms with Gasteiger partial charge in [0.05, 0.1) is 24.0 Å². The second kappa shape index (κ2) is 11.3. The molecule has 1 atom stereocenters. The Labute approximate surface area is 215 Å². The standard InChI is InChI=1S/C24H31F2N5O4.ClH/c1-15(30-9-10-31(24(5,6)14-30)22(33)35-23(2,3)4)21(32)29-19-12-28-20(13-27-19)34-18-8-7-16(25)11-17(18)26;/h7-8,11-13,15H,9-10,14H2,1-6H3,(H,27,29,32);1H/t15-;/m0./s1. The molecule has 3 rings (SSSR count). The number of amides is 2. The van der Waals surface area contributed by atoms with Gasteiger partial charge in [0.1, 0.15) is 11.4 Å². The van der Waals surface area contributed by atoms with Gasteiger partial charge in [0.15, 0.2) is 17.4 Å². The third kappa shape index (κ3) is 7.47. The molecule has 0 saturated carbocycles. The number of hydrogen-bond donors (Lipinski definition) is 1. The van der Waals surface area contributed by atoms with E-state index in [2.05, 4.69) is 15.3 Å². The van der Waals surface area contributed by atoms with Crippen LogP contribution in [0, 0.1) is 11.6 Å². The highest BCUT2D eigenvalue weighted by molar-refractivity contribution is 5.93. The van der Waals surface area contributed by atoms with Gasteiger partial charge in [-0.1, -0.05) is 0 Å². The monoisotopic (exact) mass is 527 g/mol. The molecule has 36 heavy (non-hydrogen) atoms. The Balaban J connectivity index is 0.00000456. The maximum absolute atomic E-state index is 13.7. The summed E-state index contributed by atoms with van der Waals surface area (Å²) in [5, 5.41) is 2.70. The van der Waals surface area contributed by atoms with Crippen molar-refractivity contribution < 1.29 is 27.8 Å². The minimum Gasteiger partial charge on any atom is -0.444 e. The lowest BCUT2D eigenvalue weighted by molar-refractivity contribution is -0.122. The fraction of sp³-hybridized carbons (Fsp3) is 0.500. The van der Waals surface area contributed by atoms with Crippen LogP contribution in [0.2, 0.25) is 0 Å². The SMILES string of the molecule is C[C@@H](C(=O)Nc1cnc(Oc2ccc(F)cc2F)cn1)N1CCN(C(=O)OC(C)(C)C)C(C)(C)C1.Cl.